The predicted molar refractivity (Wildman–Crippen MR) is 69.2 cm³/mol. The summed E-state index contributed by atoms with van der Waals surface area (Å²) in [5.74, 6) is 6.36. The maximum atomic E-state index is 11.2. The summed E-state index contributed by atoms with van der Waals surface area (Å²) in [6.07, 6.45) is 0. The number of nitrogen functional groups attached to an aromatic ring is 1. The Labute approximate surface area is 119 Å². The van der Waals surface area contributed by atoms with Crippen LogP contribution < -0.4 is 20.7 Å². The Balaban J connectivity index is 1.54. The number of amides is 1. The van der Waals surface area contributed by atoms with E-state index >= 15 is 0 Å². The molecule has 8 nitrogen and oxygen atoms in total. The van der Waals surface area contributed by atoms with Gasteiger partial charge in [0.25, 0.3) is 5.91 Å². The first-order chi connectivity index (χ1) is 10.3. The van der Waals surface area contributed by atoms with E-state index in [2.05, 4.69) is 5.16 Å². The fourth-order valence-corrected chi connectivity index (χ4v) is 1.86. The first kappa shape index (κ1) is 13.4. The molecule has 8 heteroatoms. The second kappa shape index (κ2) is 5.81. The number of fused-ring (bicyclic) bond motifs is 1. The number of benzene rings is 1. The van der Waals surface area contributed by atoms with Crippen LogP contribution in [0.3, 0.4) is 0 Å². The number of nitrogens with one attached hydrogen (secondary N) is 1. The van der Waals surface area contributed by atoms with Crippen molar-refractivity contribution in [2.24, 2.45) is 5.84 Å². The molecular weight excluding hydrogens is 278 g/mol. The lowest BCUT2D eigenvalue weighted by atomic mass is 10.2. The number of nitrogens with zero attached hydrogens (tertiary/aromatic N) is 1. The maximum Gasteiger partial charge on any atom is 0.287 e. The van der Waals surface area contributed by atoms with Crippen LogP contribution in [0.4, 0.5) is 0 Å². The number of carbonyl (C=O) groups is 1. The molecule has 2 heterocycles. The average molecular weight is 291 g/mol. The molecule has 1 aliphatic rings. The summed E-state index contributed by atoms with van der Waals surface area (Å²) >= 11 is 0. The van der Waals surface area contributed by atoms with E-state index in [-0.39, 0.29) is 19.1 Å². The molecule has 21 heavy (non-hydrogen) atoms. The van der Waals surface area contributed by atoms with Crippen LogP contribution in [0.2, 0.25) is 0 Å². The Hall–Kier alpha value is -2.58. The molecule has 1 aromatic heterocycles. The highest BCUT2D eigenvalue weighted by molar-refractivity contribution is 5.91. The van der Waals surface area contributed by atoms with Crippen molar-refractivity contribution in [3.63, 3.8) is 0 Å². The molecule has 0 saturated carbocycles. The lowest BCUT2D eigenvalue weighted by molar-refractivity contribution is 0.0876. The molecule has 0 saturated heterocycles. The van der Waals surface area contributed by atoms with Crippen molar-refractivity contribution in [2.75, 3.05) is 6.79 Å². The third kappa shape index (κ3) is 2.96. The monoisotopic (exact) mass is 291 g/mol. The van der Waals surface area contributed by atoms with Gasteiger partial charge in [-0.25, -0.2) is 5.84 Å². The molecule has 0 aliphatic carbocycles. The van der Waals surface area contributed by atoms with E-state index in [0.29, 0.717) is 18.1 Å². The third-order valence-electron chi connectivity index (χ3n) is 2.87. The van der Waals surface area contributed by atoms with Crippen molar-refractivity contribution in [2.45, 2.75) is 13.2 Å². The molecule has 1 aromatic carbocycles. The highest BCUT2D eigenvalue weighted by atomic mass is 16.7. The van der Waals surface area contributed by atoms with Gasteiger partial charge in [0.1, 0.15) is 6.61 Å². The fraction of sp³-hybridized carbons (Fsp3) is 0.231. The molecule has 2 aromatic rings. The molecular formula is C13H13N3O5. The number of carbonyl (C=O) groups excluding carboxylic acids is 1. The van der Waals surface area contributed by atoms with Crippen LogP contribution >= 0.6 is 0 Å². The van der Waals surface area contributed by atoms with Crippen LogP contribution in [0.5, 0.6) is 11.5 Å². The maximum absolute atomic E-state index is 11.2. The molecule has 110 valence electrons. The summed E-state index contributed by atoms with van der Waals surface area (Å²) < 4.78 is 21.0. The van der Waals surface area contributed by atoms with Gasteiger partial charge in [0, 0.05) is 6.07 Å². The van der Waals surface area contributed by atoms with Gasteiger partial charge in [0.05, 0.1) is 6.61 Å². The topological polar surface area (TPSA) is 109 Å². The fourth-order valence-electron chi connectivity index (χ4n) is 1.86. The number of hydrogen-bond acceptors (Lipinski definition) is 7. The highest BCUT2D eigenvalue weighted by Crippen LogP contribution is 2.32. The standard InChI is InChI=1S/C13H13N3O5/c14-15-13(17)10-4-9(21-16-10)6-18-5-8-1-2-11-12(3-8)20-7-19-11/h1-4H,5-7,14H2,(H,15,17). The molecule has 0 radical (unpaired) electrons. The molecule has 3 N–H and O–H groups in total. The van der Waals surface area contributed by atoms with Gasteiger partial charge in [-0.05, 0) is 17.7 Å². The summed E-state index contributed by atoms with van der Waals surface area (Å²) in [6, 6.07) is 7.05. The van der Waals surface area contributed by atoms with Crippen LogP contribution in [-0.4, -0.2) is 17.9 Å². The summed E-state index contributed by atoms with van der Waals surface area (Å²) in [5, 5.41) is 3.58. The van der Waals surface area contributed by atoms with Crippen molar-refractivity contribution in [1.29, 1.82) is 0 Å². The first-order valence-electron chi connectivity index (χ1n) is 6.19. The Morgan fingerprint density at radius 3 is 3.00 bits per heavy atom. The van der Waals surface area contributed by atoms with Crippen LogP contribution in [0.15, 0.2) is 28.8 Å². The molecule has 0 unspecified atom stereocenters. The summed E-state index contributed by atoms with van der Waals surface area (Å²) in [4.78, 5) is 11.2. The molecule has 0 bridgehead atoms. The van der Waals surface area contributed by atoms with E-state index in [9.17, 15) is 4.79 Å². The summed E-state index contributed by atoms with van der Waals surface area (Å²) in [6.45, 7) is 0.804. The van der Waals surface area contributed by atoms with E-state index in [1.807, 2.05) is 23.6 Å². The minimum Gasteiger partial charge on any atom is -0.454 e. The number of hydrogen-bond donors (Lipinski definition) is 2. The Morgan fingerprint density at radius 2 is 2.14 bits per heavy atom. The molecule has 1 amide bonds. The minimum absolute atomic E-state index is 0.110. The lowest BCUT2D eigenvalue weighted by Gasteiger charge is -2.03. The van der Waals surface area contributed by atoms with Gasteiger partial charge in [-0.2, -0.15) is 0 Å². The van der Waals surface area contributed by atoms with Crippen molar-refractivity contribution in [3.05, 3.63) is 41.3 Å². The number of hydrazine groups is 1. The first-order valence-corrected chi connectivity index (χ1v) is 6.19. The zero-order chi connectivity index (χ0) is 14.7. The number of nitrogens with two attached hydrogens (primary N) is 1. The van der Waals surface area contributed by atoms with Crippen LogP contribution in [0, 0.1) is 0 Å². The molecule has 0 spiro atoms. The number of aromatic nitrogens is 1. The second-order valence-electron chi connectivity index (χ2n) is 4.33. The van der Waals surface area contributed by atoms with Crippen molar-refractivity contribution >= 4 is 5.91 Å². The number of rotatable bonds is 5. The summed E-state index contributed by atoms with van der Waals surface area (Å²) in [7, 11) is 0. The average Bonchev–Trinajstić information content (AvgIpc) is 3.14. The molecule has 0 atom stereocenters. The van der Waals surface area contributed by atoms with Crippen molar-refractivity contribution < 1.29 is 23.5 Å². The summed E-state index contributed by atoms with van der Waals surface area (Å²) in [5.41, 5.74) is 3.03. The van der Waals surface area contributed by atoms with Gasteiger partial charge in [-0.15, -0.1) is 0 Å². The van der Waals surface area contributed by atoms with Crippen LogP contribution in [0.25, 0.3) is 0 Å². The SMILES string of the molecule is NNC(=O)c1cc(COCc2ccc3c(c2)OCO3)on1. The third-order valence-corrected chi connectivity index (χ3v) is 2.87. The Morgan fingerprint density at radius 1 is 1.29 bits per heavy atom. The number of ether oxygens (including phenoxy) is 3. The normalized spacial score (nSPS) is 12.4. The minimum atomic E-state index is -0.513. The molecule has 3 rings (SSSR count). The van der Waals surface area contributed by atoms with Gasteiger partial charge in [-0.3, -0.25) is 10.2 Å². The van der Waals surface area contributed by atoms with E-state index < -0.39 is 5.91 Å². The van der Waals surface area contributed by atoms with E-state index in [0.717, 1.165) is 11.3 Å². The van der Waals surface area contributed by atoms with Crippen molar-refractivity contribution in [3.8, 4) is 11.5 Å². The van der Waals surface area contributed by atoms with Crippen molar-refractivity contribution in [1.82, 2.24) is 10.6 Å². The van der Waals surface area contributed by atoms with Gasteiger partial charge in [0.15, 0.2) is 23.0 Å². The quantitative estimate of drug-likeness (QED) is 0.474. The van der Waals surface area contributed by atoms with Crippen LogP contribution in [-0.2, 0) is 18.0 Å². The largest absolute Gasteiger partial charge is 0.454 e. The van der Waals surface area contributed by atoms with Gasteiger partial charge < -0.3 is 18.7 Å². The second-order valence-corrected chi connectivity index (χ2v) is 4.33. The van der Waals surface area contributed by atoms with Gasteiger partial charge in [0.2, 0.25) is 6.79 Å². The smallest absolute Gasteiger partial charge is 0.287 e. The van der Waals surface area contributed by atoms with Gasteiger partial charge in [-0.1, -0.05) is 11.2 Å². The van der Waals surface area contributed by atoms with E-state index in [4.69, 9.17) is 24.6 Å². The van der Waals surface area contributed by atoms with E-state index in [1.54, 1.807) is 0 Å². The highest BCUT2D eigenvalue weighted by Gasteiger charge is 2.14. The van der Waals surface area contributed by atoms with Crippen LogP contribution in [0.1, 0.15) is 21.8 Å². The molecule has 0 fully saturated rings. The van der Waals surface area contributed by atoms with E-state index in [1.165, 1.54) is 6.07 Å². The zero-order valence-corrected chi connectivity index (χ0v) is 11.0. The zero-order valence-electron chi connectivity index (χ0n) is 11.0. The molecule has 1 aliphatic heterocycles. The van der Waals surface area contributed by atoms with Gasteiger partial charge >= 0.3 is 0 Å². The Bertz CT molecular complexity index is 655. The predicted octanol–water partition coefficient (Wildman–Crippen LogP) is 0.724. The Kier molecular flexibility index (Phi) is 3.71. The lowest BCUT2D eigenvalue weighted by Crippen LogP contribution is -2.30.